The maximum atomic E-state index is 4.21. The van der Waals surface area contributed by atoms with E-state index < -0.39 is 0 Å². The first-order valence-corrected chi connectivity index (χ1v) is 5.13. The highest BCUT2D eigenvalue weighted by molar-refractivity contribution is 7.80. The van der Waals surface area contributed by atoms with Crippen molar-refractivity contribution in [2.24, 2.45) is 0 Å². The van der Waals surface area contributed by atoms with Crippen LogP contribution in [0, 0.1) is 0 Å². The van der Waals surface area contributed by atoms with Gasteiger partial charge in [-0.1, -0.05) is 37.3 Å². The van der Waals surface area contributed by atoms with Crippen molar-refractivity contribution in [1.82, 2.24) is 0 Å². The normalized spacial score (nSPS) is 12.8. The molecule has 1 heteroatoms. The topological polar surface area (TPSA) is 0 Å². The number of hydrogen-bond acceptors (Lipinski definition) is 1. The van der Waals surface area contributed by atoms with Crippen molar-refractivity contribution in [3.05, 3.63) is 35.9 Å². The Labute approximate surface area is 80.4 Å². The zero-order chi connectivity index (χ0) is 8.81. The first-order chi connectivity index (χ1) is 5.84. The lowest BCUT2D eigenvalue weighted by Gasteiger charge is -2.09. The van der Waals surface area contributed by atoms with Crippen LogP contribution < -0.4 is 0 Å². The lowest BCUT2D eigenvalue weighted by molar-refractivity contribution is 0.670. The third-order valence-corrected chi connectivity index (χ3v) is 2.48. The van der Waals surface area contributed by atoms with E-state index in [0.717, 1.165) is 5.75 Å². The van der Waals surface area contributed by atoms with E-state index in [1.165, 1.54) is 18.4 Å². The van der Waals surface area contributed by atoms with Gasteiger partial charge in [-0.25, -0.2) is 0 Å². The molecule has 0 bridgehead atoms. The van der Waals surface area contributed by atoms with Gasteiger partial charge in [-0.05, 0) is 30.1 Å². The highest BCUT2D eigenvalue weighted by Crippen LogP contribution is 2.19. The summed E-state index contributed by atoms with van der Waals surface area (Å²) in [6.45, 7) is 2.28. The zero-order valence-electron chi connectivity index (χ0n) is 7.53. The SMILES string of the molecule is CC(CCCS)c1ccccc1. The number of rotatable bonds is 4. The maximum Gasteiger partial charge on any atom is -0.00977 e. The van der Waals surface area contributed by atoms with Crippen LogP contribution in [-0.4, -0.2) is 5.75 Å². The van der Waals surface area contributed by atoms with Gasteiger partial charge in [-0.3, -0.25) is 0 Å². The summed E-state index contributed by atoms with van der Waals surface area (Å²) in [5, 5.41) is 0. The molecule has 0 fully saturated rings. The molecule has 1 atom stereocenters. The average Bonchev–Trinajstić information content (AvgIpc) is 2.15. The Kier molecular flexibility index (Phi) is 4.23. The van der Waals surface area contributed by atoms with Crippen LogP contribution in [0.4, 0.5) is 0 Å². The van der Waals surface area contributed by atoms with Gasteiger partial charge < -0.3 is 0 Å². The van der Waals surface area contributed by atoms with E-state index in [-0.39, 0.29) is 0 Å². The van der Waals surface area contributed by atoms with E-state index in [9.17, 15) is 0 Å². The average molecular weight is 180 g/mol. The fraction of sp³-hybridized carbons (Fsp3) is 0.455. The molecule has 0 aliphatic heterocycles. The lowest BCUT2D eigenvalue weighted by atomic mass is 9.97. The van der Waals surface area contributed by atoms with Crippen molar-refractivity contribution in [1.29, 1.82) is 0 Å². The molecule has 0 radical (unpaired) electrons. The molecular weight excluding hydrogens is 164 g/mol. The van der Waals surface area contributed by atoms with E-state index >= 15 is 0 Å². The molecule has 0 saturated carbocycles. The summed E-state index contributed by atoms with van der Waals surface area (Å²) in [7, 11) is 0. The first kappa shape index (κ1) is 9.66. The second kappa shape index (κ2) is 5.26. The molecule has 0 spiro atoms. The van der Waals surface area contributed by atoms with E-state index in [2.05, 4.69) is 49.9 Å². The summed E-state index contributed by atoms with van der Waals surface area (Å²) in [6, 6.07) is 10.7. The Morgan fingerprint density at radius 2 is 1.92 bits per heavy atom. The number of benzene rings is 1. The largest absolute Gasteiger partial charge is 0.179 e. The maximum absolute atomic E-state index is 4.21. The van der Waals surface area contributed by atoms with Crippen LogP contribution in [0.15, 0.2) is 30.3 Å². The molecule has 0 aromatic heterocycles. The highest BCUT2D eigenvalue weighted by atomic mass is 32.1. The molecule has 0 nitrogen and oxygen atoms in total. The summed E-state index contributed by atoms with van der Waals surface area (Å²) in [4.78, 5) is 0. The van der Waals surface area contributed by atoms with Gasteiger partial charge in [0, 0.05) is 0 Å². The van der Waals surface area contributed by atoms with Crippen LogP contribution in [0.5, 0.6) is 0 Å². The molecule has 0 saturated heterocycles. The Morgan fingerprint density at radius 3 is 2.50 bits per heavy atom. The van der Waals surface area contributed by atoms with Crippen LogP contribution >= 0.6 is 12.6 Å². The highest BCUT2D eigenvalue weighted by Gasteiger charge is 2.02. The minimum absolute atomic E-state index is 0.679. The summed E-state index contributed by atoms with van der Waals surface area (Å²) < 4.78 is 0. The number of hydrogen-bond donors (Lipinski definition) is 1. The standard InChI is InChI=1S/C11H16S/c1-10(6-5-9-12)11-7-3-2-4-8-11/h2-4,7-8,10,12H,5-6,9H2,1H3. The van der Waals surface area contributed by atoms with Gasteiger partial charge in [0.1, 0.15) is 0 Å². The third kappa shape index (κ3) is 2.90. The van der Waals surface area contributed by atoms with Crippen molar-refractivity contribution in [2.45, 2.75) is 25.7 Å². The van der Waals surface area contributed by atoms with E-state index in [4.69, 9.17) is 0 Å². The summed E-state index contributed by atoms with van der Waals surface area (Å²) in [5.74, 6) is 1.68. The fourth-order valence-corrected chi connectivity index (χ4v) is 1.53. The van der Waals surface area contributed by atoms with Crippen LogP contribution in [0.1, 0.15) is 31.2 Å². The second-order valence-corrected chi connectivity index (χ2v) is 3.62. The Morgan fingerprint density at radius 1 is 1.25 bits per heavy atom. The van der Waals surface area contributed by atoms with E-state index in [1.807, 2.05) is 0 Å². The smallest absolute Gasteiger partial charge is 0.00977 e. The molecule has 1 rings (SSSR count). The minimum atomic E-state index is 0.679. The van der Waals surface area contributed by atoms with Gasteiger partial charge in [0.2, 0.25) is 0 Å². The lowest BCUT2D eigenvalue weighted by Crippen LogP contribution is -1.93. The molecule has 1 aromatic rings. The molecule has 66 valence electrons. The Bertz CT molecular complexity index is 206. The monoisotopic (exact) mass is 180 g/mol. The predicted molar refractivity (Wildman–Crippen MR) is 57.9 cm³/mol. The van der Waals surface area contributed by atoms with Gasteiger partial charge in [-0.15, -0.1) is 0 Å². The molecule has 0 aliphatic rings. The molecule has 0 heterocycles. The van der Waals surface area contributed by atoms with Crippen molar-refractivity contribution in [3.63, 3.8) is 0 Å². The zero-order valence-corrected chi connectivity index (χ0v) is 8.43. The Hall–Kier alpha value is -0.430. The van der Waals surface area contributed by atoms with Gasteiger partial charge in [-0.2, -0.15) is 12.6 Å². The molecule has 0 aliphatic carbocycles. The second-order valence-electron chi connectivity index (χ2n) is 3.18. The van der Waals surface area contributed by atoms with Crippen molar-refractivity contribution >= 4 is 12.6 Å². The van der Waals surface area contributed by atoms with Crippen LogP contribution in [0.2, 0.25) is 0 Å². The van der Waals surface area contributed by atoms with Gasteiger partial charge in [0.15, 0.2) is 0 Å². The molecule has 12 heavy (non-hydrogen) atoms. The summed E-state index contributed by atoms with van der Waals surface area (Å²) >= 11 is 4.21. The molecule has 1 unspecified atom stereocenters. The van der Waals surface area contributed by atoms with Gasteiger partial charge >= 0.3 is 0 Å². The number of thiol groups is 1. The van der Waals surface area contributed by atoms with Crippen LogP contribution in [0.25, 0.3) is 0 Å². The van der Waals surface area contributed by atoms with Crippen molar-refractivity contribution in [3.8, 4) is 0 Å². The molecule has 1 aromatic carbocycles. The van der Waals surface area contributed by atoms with E-state index in [1.54, 1.807) is 0 Å². The van der Waals surface area contributed by atoms with Gasteiger partial charge in [0.05, 0.1) is 0 Å². The summed E-state index contributed by atoms with van der Waals surface area (Å²) in [5.41, 5.74) is 1.44. The first-order valence-electron chi connectivity index (χ1n) is 4.50. The van der Waals surface area contributed by atoms with E-state index in [0.29, 0.717) is 5.92 Å². The third-order valence-electron chi connectivity index (χ3n) is 2.16. The van der Waals surface area contributed by atoms with Gasteiger partial charge in [0.25, 0.3) is 0 Å². The van der Waals surface area contributed by atoms with Crippen molar-refractivity contribution in [2.75, 3.05) is 5.75 Å². The molecular formula is C11H16S. The summed E-state index contributed by atoms with van der Waals surface area (Å²) in [6.07, 6.45) is 2.45. The Balaban J connectivity index is 2.48. The minimum Gasteiger partial charge on any atom is -0.179 e. The van der Waals surface area contributed by atoms with Crippen LogP contribution in [0.3, 0.4) is 0 Å². The predicted octanol–water partition coefficient (Wildman–Crippen LogP) is 3.50. The molecule has 0 amide bonds. The van der Waals surface area contributed by atoms with Crippen LogP contribution in [-0.2, 0) is 0 Å². The quantitative estimate of drug-likeness (QED) is 0.674. The van der Waals surface area contributed by atoms with Crippen molar-refractivity contribution < 1.29 is 0 Å². The molecule has 0 N–H and O–H groups in total. The fourth-order valence-electron chi connectivity index (χ4n) is 1.35.